The minimum atomic E-state index is 0.459. The molecule has 1 aliphatic carbocycles. The first-order chi connectivity index (χ1) is 6.86. The second-order valence-corrected chi connectivity index (χ2v) is 4.49. The van der Waals surface area contributed by atoms with Crippen molar-refractivity contribution in [2.45, 2.75) is 57.2 Å². The van der Waals surface area contributed by atoms with Crippen LogP contribution in [0.2, 0.25) is 0 Å². The summed E-state index contributed by atoms with van der Waals surface area (Å²) in [5, 5.41) is 3.68. The highest BCUT2D eigenvalue weighted by atomic mass is 16.5. The van der Waals surface area contributed by atoms with E-state index in [9.17, 15) is 0 Å². The highest BCUT2D eigenvalue weighted by Crippen LogP contribution is 2.18. The van der Waals surface area contributed by atoms with Crippen LogP contribution in [-0.2, 0) is 4.74 Å². The molecule has 1 fully saturated rings. The van der Waals surface area contributed by atoms with Crippen molar-refractivity contribution in [1.82, 2.24) is 5.32 Å². The zero-order chi connectivity index (χ0) is 9.80. The maximum atomic E-state index is 5.68. The Morgan fingerprint density at radius 2 is 2.29 bits per heavy atom. The minimum absolute atomic E-state index is 0.459. The van der Waals surface area contributed by atoms with E-state index >= 15 is 0 Å². The van der Waals surface area contributed by atoms with Crippen LogP contribution in [-0.4, -0.2) is 24.8 Å². The SMILES string of the molecule is CC(NC1CC=CCC1)C1CCCO1. The van der Waals surface area contributed by atoms with Gasteiger partial charge in [0, 0.05) is 18.7 Å². The van der Waals surface area contributed by atoms with Gasteiger partial charge in [-0.25, -0.2) is 0 Å². The lowest BCUT2D eigenvalue weighted by molar-refractivity contribution is 0.0792. The topological polar surface area (TPSA) is 21.3 Å². The van der Waals surface area contributed by atoms with E-state index in [0.29, 0.717) is 18.2 Å². The third kappa shape index (κ3) is 2.58. The summed E-state index contributed by atoms with van der Waals surface area (Å²) in [4.78, 5) is 0. The van der Waals surface area contributed by atoms with Gasteiger partial charge in [-0.05, 0) is 39.0 Å². The zero-order valence-electron chi connectivity index (χ0n) is 9.04. The summed E-state index contributed by atoms with van der Waals surface area (Å²) in [6.07, 6.45) is 11.2. The van der Waals surface area contributed by atoms with E-state index in [2.05, 4.69) is 24.4 Å². The lowest BCUT2D eigenvalue weighted by atomic mass is 10.00. The van der Waals surface area contributed by atoms with Crippen molar-refractivity contribution in [2.24, 2.45) is 0 Å². The van der Waals surface area contributed by atoms with Crippen LogP contribution < -0.4 is 5.32 Å². The molecule has 2 rings (SSSR count). The second-order valence-electron chi connectivity index (χ2n) is 4.49. The van der Waals surface area contributed by atoms with Crippen LogP contribution in [0.4, 0.5) is 0 Å². The van der Waals surface area contributed by atoms with Crippen molar-refractivity contribution in [3.05, 3.63) is 12.2 Å². The highest BCUT2D eigenvalue weighted by molar-refractivity contribution is 4.94. The summed E-state index contributed by atoms with van der Waals surface area (Å²) in [7, 11) is 0. The van der Waals surface area contributed by atoms with Gasteiger partial charge in [0.1, 0.15) is 0 Å². The van der Waals surface area contributed by atoms with Crippen LogP contribution in [0.15, 0.2) is 12.2 Å². The summed E-state index contributed by atoms with van der Waals surface area (Å²) < 4.78 is 5.68. The number of rotatable bonds is 3. The second kappa shape index (κ2) is 4.94. The Balaban J connectivity index is 1.75. The lowest BCUT2D eigenvalue weighted by Gasteiger charge is -2.27. The van der Waals surface area contributed by atoms with Crippen LogP contribution >= 0.6 is 0 Å². The van der Waals surface area contributed by atoms with Crippen LogP contribution in [0.5, 0.6) is 0 Å². The Labute approximate surface area is 86.7 Å². The van der Waals surface area contributed by atoms with Crippen molar-refractivity contribution in [2.75, 3.05) is 6.61 Å². The molecule has 80 valence electrons. The van der Waals surface area contributed by atoms with Gasteiger partial charge < -0.3 is 10.1 Å². The van der Waals surface area contributed by atoms with Crippen molar-refractivity contribution < 1.29 is 4.74 Å². The molecule has 2 nitrogen and oxygen atoms in total. The van der Waals surface area contributed by atoms with Gasteiger partial charge in [0.15, 0.2) is 0 Å². The fraction of sp³-hybridized carbons (Fsp3) is 0.833. The molecule has 0 aromatic rings. The summed E-state index contributed by atoms with van der Waals surface area (Å²) in [5.41, 5.74) is 0. The van der Waals surface area contributed by atoms with Crippen LogP contribution in [0.3, 0.4) is 0 Å². The summed E-state index contributed by atoms with van der Waals surface area (Å²) >= 11 is 0. The molecule has 1 N–H and O–H groups in total. The Morgan fingerprint density at radius 3 is 2.93 bits per heavy atom. The minimum Gasteiger partial charge on any atom is -0.377 e. The lowest BCUT2D eigenvalue weighted by Crippen LogP contribution is -2.43. The number of ether oxygens (including phenoxy) is 1. The van der Waals surface area contributed by atoms with Crippen LogP contribution in [0.25, 0.3) is 0 Å². The fourth-order valence-electron chi connectivity index (χ4n) is 2.42. The molecule has 0 bridgehead atoms. The molecule has 3 atom stereocenters. The maximum absolute atomic E-state index is 5.68. The first kappa shape index (κ1) is 10.2. The molecule has 0 amide bonds. The van der Waals surface area contributed by atoms with Gasteiger partial charge in [0.05, 0.1) is 6.10 Å². The van der Waals surface area contributed by atoms with E-state index in [1.807, 2.05) is 0 Å². The normalized spacial score (nSPS) is 34.6. The van der Waals surface area contributed by atoms with E-state index in [1.54, 1.807) is 0 Å². The molecule has 3 unspecified atom stereocenters. The number of nitrogens with one attached hydrogen (secondary N) is 1. The first-order valence-electron chi connectivity index (χ1n) is 5.89. The number of allylic oxidation sites excluding steroid dienone is 1. The summed E-state index contributed by atoms with van der Waals surface area (Å²) in [5.74, 6) is 0. The Bertz CT molecular complexity index is 196. The van der Waals surface area contributed by atoms with Crippen molar-refractivity contribution in [3.63, 3.8) is 0 Å². The molecule has 0 spiro atoms. The Hall–Kier alpha value is -0.340. The number of hydrogen-bond acceptors (Lipinski definition) is 2. The van der Waals surface area contributed by atoms with Gasteiger partial charge in [-0.3, -0.25) is 0 Å². The van der Waals surface area contributed by atoms with Crippen molar-refractivity contribution in [3.8, 4) is 0 Å². The van der Waals surface area contributed by atoms with Gasteiger partial charge in [0.25, 0.3) is 0 Å². The Morgan fingerprint density at radius 1 is 1.36 bits per heavy atom. The molecule has 1 aliphatic heterocycles. The molecular weight excluding hydrogens is 174 g/mol. The molecule has 1 heterocycles. The predicted octanol–water partition coefficient (Wildman–Crippen LogP) is 2.25. The third-order valence-electron chi connectivity index (χ3n) is 3.29. The Kier molecular flexibility index (Phi) is 3.60. The molecular formula is C12H21NO. The quantitative estimate of drug-likeness (QED) is 0.697. The largest absolute Gasteiger partial charge is 0.377 e. The van der Waals surface area contributed by atoms with Crippen LogP contribution in [0.1, 0.15) is 39.0 Å². The van der Waals surface area contributed by atoms with E-state index < -0.39 is 0 Å². The van der Waals surface area contributed by atoms with Gasteiger partial charge >= 0.3 is 0 Å². The van der Waals surface area contributed by atoms with Gasteiger partial charge in [-0.1, -0.05) is 12.2 Å². The van der Waals surface area contributed by atoms with Gasteiger partial charge in [-0.2, -0.15) is 0 Å². The predicted molar refractivity (Wildman–Crippen MR) is 58.4 cm³/mol. The molecule has 2 heteroatoms. The van der Waals surface area contributed by atoms with E-state index in [4.69, 9.17) is 4.74 Å². The third-order valence-corrected chi connectivity index (χ3v) is 3.29. The molecule has 0 aromatic carbocycles. The van der Waals surface area contributed by atoms with Crippen LogP contribution in [0, 0.1) is 0 Å². The van der Waals surface area contributed by atoms with Gasteiger partial charge in [0.2, 0.25) is 0 Å². The maximum Gasteiger partial charge on any atom is 0.0726 e. The molecule has 0 radical (unpaired) electrons. The average Bonchev–Trinajstić information content (AvgIpc) is 2.72. The molecule has 0 saturated carbocycles. The van der Waals surface area contributed by atoms with E-state index in [1.165, 1.54) is 32.1 Å². The highest BCUT2D eigenvalue weighted by Gasteiger charge is 2.24. The molecule has 1 saturated heterocycles. The standard InChI is InChI=1S/C12H21NO/c1-10(12-8-5-9-14-12)13-11-6-3-2-4-7-11/h2-3,10-13H,4-9H2,1H3. The molecule has 14 heavy (non-hydrogen) atoms. The summed E-state index contributed by atoms with van der Waals surface area (Å²) in [6.45, 7) is 3.22. The number of hydrogen-bond donors (Lipinski definition) is 1. The fourth-order valence-corrected chi connectivity index (χ4v) is 2.42. The monoisotopic (exact) mass is 195 g/mol. The zero-order valence-corrected chi connectivity index (χ0v) is 9.04. The van der Waals surface area contributed by atoms with Crippen molar-refractivity contribution >= 4 is 0 Å². The van der Waals surface area contributed by atoms with Gasteiger partial charge in [-0.15, -0.1) is 0 Å². The molecule has 0 aromatic heterocycles. The van der Waals surface area contributed by atoms with E-state index in [-0.39, 0.29) is 0 Å². The smallest absolute Gasteiger partial charge is 0.0726 e. The van der Waals surface area contributed by atoms with Crippen molar-refractivity contribution in [1.29, 1.82) is 0 Å². The average molecular weight is 195 g/mol. The summed E-state index contributed by atoms with van der Waals surface area (Å²) in [6, 6.07) is 1.20. The first-order valence-corrected chi connectivity index (χ1v) is 5.89. The van der Waals surface area contributed by atoms with E-state index in [0.717, 1.165) is 6.61 Å². The molecule has 2 aliphatic rings.